The van der Waals surface area contributed by atoms with E-state index in [4.69, 9.17) is 9.47 Å². The third-order valence-electron chi connectivity index (χ3n) is 3.23. The van der Waals surface area contributed by atoms with Crippen LogP contribution in [0.15, 0.2) is 28.7 Å². The third-order valence-corrected chi connectivity index (χ3v) is 4.53. The van der Waals surface area contributed by atoms with Crippen LogP contribution in [0.4, 0.5) is 0 Å². The summed E-state index contributed by atoms with van der Waals surface area (Å²) in [4.78, 5) is 0. The Balaban J connectivity index is 1.88. The summed E-state index contributed by atoms with van der Waals surface area (Å²) in [6, 6.07) is 8.40. The van der Waals surface area contributed by atoms with Crippen LogP contribution in [0.25, 0.3) is 0 Å². The molecule has 18 heavy (non-hydrogen) atoms. The quantitative estimate of drug-likeness (QED) is 0.516. The average molecular weight is 425 g/mol. The molecule has 0 amide bonds. The first-order valence-electron chi connectivity index (χ1n) is 6.30. The molecule has 0 aliphatic carbocycles. The molecule has 1 aliphatic rings. The molecular formula is C14H18BrIO2. The molecule has 0 aromatic heterocycles. The smallest absolute Gasteiger partial charge is 0.0914 e. The van der Waals surface area contributed by atoms with Crippen LogP contribution in [0.2, 0.25) is 0 Å². The molecule has 1 aromatic carbocycles. The zero-order chi connectivity index (χ0) is 12.8. The third kappa shape index (κ3) is 4.47. The number of ether oxygens (including phenoxy) is 2. The Kier molecular flexibility index (Phi) is 6.41. The first-order chi connectivity index (χ1) is 8.79. The molecule has 0 radical (unpaired) electrons. The topological polar surface area (TPSA) is 18.5 Å². The van der Waals surface area contributed by atoms with E-state index in [1.54, 1.807) is 0 Å². The molecule has 100 valence electrons. The van der Waals surface area contributed by atoms with Crippen molar-refractivity contribution in [2.45, 2.75) is 18.9 Å². The number of halogens is 2. The summed E-state index contributed by atoms with van der Waals surface area (Å²) >= 11 is 5.91. The van der Waals surface area contributed by atoms with Crippen molar-refractivity contribution in [3.63, 3.8) is 0 Å². The number of benzene rings is 1. The normalized spacial score (nSPS) is 18.8. The van der Waals surface area contributed by atoms with Crippen molar-refractivity contribution >= 4 is 38.5 Å². The van der Waals surface area contributed by atoms with Crippen LogP contribution in [0.1, 0.15) is 24.5 Å². The van der Waals surface area contributed by atoms with E-state index in [1.807, 2.05) is 6.07 Å². The summed E-state index contributed by atoms with van der Waals surface area (Å²) in [6.45, 7) is 2.63. The van der Waals surface area contributed by atoms with Crippen LogP contribution >= 0.6 is 38.5 Å². The van der Waals surface area contributed by atoms with Crippen molar-refractivity contribution in [2.24, 2.45) is 5.92 Å². The van der Waals surface area contributed by atoms with Crippen molar-refractivity contribution < 1.29 is 9.47 Å². The molecule has 2 nitrogen and oxygen atoms in total. The standard InChI is InChI=1S/C14H18BrIO2/c15-13-3-1-2-12(8-13)14(9-16)18-10-11-4-6-17-7-5-11/h1-3,8,11,14H,4-7,9-10H2. The molecule has 2 rings (SSSR count). The van der Waals surface area contributed by atoms with Crippen molar-refractivity contribution in [1.82, 2.24) is 0 Å². The molecule has 1 atom stereocenters. The van der Waals surface area contributed by atoms with Crippen LogP contribution in [-0.4, -0.2) is 24.2 Å². The molecule has 1 heterocycles. The van der Waals surface area contributed by atoms with Crippen LogP contribution in [0, 0.1) is 5.92 Å². The fourth-order valence-electron chi connectivity index (χ4n) is 2.10. The molecule has 0 N–H and O–H groups in total. The maximum atomic E-state index is 6.09. The molecule has 1 saturated heterocycles. The van der Waals surface area contributed by atoms with Crippen molar-refractivity contribution in [3.8, 4) is 0 Å². The van der Waals surface area contributed by atoms with E-state index in [9.17, 15) is 0 Å². The van der Waals surface area contributed by atoms with Gasteiger partial charge in [-0.25, -0.2) is 0 Å². The van der Waals surface area contributed by atoms with E-state index in [-0.39, 0.29) is 6.10 Å². The highest BCUT2D eigenvalue weighted by Gasteiger charge is 2.17. The van der Waals surface area contributed by atoms with Crippen molar-refractivity contribution in [3.05, 3.63) is 34.3 Å². The lowest BCUT2D eigenvalue weighted by atomic mass is 10.0. The first-order valence-corrected chi connectivity index (χ1v) is 8.62. The van der Waals surface area contributed by atoms with Gasteiger partial charge in [-0.3, -0.25) is 0 Å². The Morgan fingerprint density at radius 2 is 2.17 bits per heavy atom. The van der Waals surface area contributed by atoms with Gasteiger partial charge in [0.1, 0.15) is 0 Å². The molecule has 0 bridgehead atoms. The average Bonchev–Trinajstić information content (AvgIpc) is 2.41. The summed E-state index contributed by atoms with van der Waals surface area (Å²) < 4.78 is 13.6. The number of hydrogen-bond acceptors (Lipinski definition) is 2. The second-order valence-corrected chi connectivity index (χ2v) is 6.38. The lowest BCUT2D eigenvalue weighted by Gasteiger charge is -2.24. The molecule has 1 unspecified atom stereocenters. The number of rotatable bonds is 5. The highest BCUT2D eigenvalue weighted by atomic mass is 127. The van der Waals surface area contributed by atoms with Crippen molar-refractivity contribution in [1.29, 1.82) is 0 Å². The molecule has 0 spiro atoms. The van der Waals surface area contributed by atoms with Crippen molar-refractivity contribution in [2.75, 3.05) is 24.2 Å². The summed E-state index contributed by atoms with van der Waals surface area (Å²) in [6.07, 6.45) is 2.46. The second kappa shape index (κ2) is 7.82. The van der Waals surface area contributed by atoms with Gasteiger partial charge in [0.15, 0.2) is 0 Å². The van der Waals surface area contributed by atoms with Gasteiger partial charge in [-0.1, -0.05) is 50.7 Å². The van der Waals surface area contributed by atoms with E-state index in [2.05, 4.69) is 56.7 Å². The second-order valence-electron chi connectivity index (χ2n) is 4.59. The lowest BCUT2D eigenvalue weighted by molar-refractivity contribution is -0.00324. The van der Waals surface area contributed by atoms with Gasteiger partial charge in [-0.15, -0.1) is 0 Å². The molecular weight excluding hydrogens is 407 g/mol. The van der Waals surface area contributed by atoms with Gasteiger partial charge in [0.25, 0.3) is 0 Å². The van der Waals surface area contributed by atoms with Gasteiger partial charge >= 0.3 is 0 Å². The fraction of sp³-hybridized carbons (Fsp3) is 0.571. The van der Waals surface area contributed by atoms with Crippen LogP contribution < -0.4 is 0 Å². The molecule has 1 fully saturated rings. The van der Waals surface area contributed by atoms with E-state index in [0.29, 0.717) is 5.92 Å². The van der Waals surface area contributed by atoms with E-state index in [0.717, 1.165) is 41.6 Å². The van der Waals surface area contributed by atoms with Gasteiger partial charge < -0.3 is 9.47 Å². The molecule has 4 heteroatoms. The molecule has 0 saturated carbocycles. The fourth-order valence-corrected chi connectivity index (χ4v) is 3.28. The minimum absolute atomic E-state index is 0.200. The monoisotopic (exact) mass is 424 g/mol. The largest absolute Gasteiger partial charge is 0.381 e. The molecule has 1 aromatic rings. The van der Waals surface area contributed by atoms with Gasteiger partial charge in [0, 0.05) is 22.1 Å². The van der Waals surface area contributed by atoms with Crippen LogP contribution in [0.3, 0.4) is 0 Å². The van der Waals surface area contributed by atoms with Gasteiger partial charge in [0.05, 0.1) is 12.7 Å². The predicted octanol–water partition coefficient (Wildman–Crippen LogP) is 4.37. The zero-order valence-electron chi connectivity index (χ0n) is 10.3. The Morgan fingerprint density at radius 1 is 1.39 bits per heavy atom. The highest BCUT2D eigenvalue weighted by Crippen LogP contribution is 2.25. The van der Waals surface area contributed by atoms with E-state index >= 15 is 0 Å². The molecule has 1 aliphatic heterocycles. The first kappa shape index (κ1) is 14.8. The van der Waals surface area contributed by atoms with Gasteiger partial charge in [0.2, 0.25) is 0 Å². The van der Waals surface area contributed by atoms with Crippen LogP contribution in [0.5, 0.6) is 0 Å². The highest BCUT2D eigenvalue weighted by molar-refractivity contribution is 14.1. The van der Waals surface area contributed by atoms with Crippen LogP contribution in [-0.2, 0) is 9.47 Å². The van der Waals surface area contributed by atoms with Gasteiger partial charge in [-0.2, -0.15) is 0 Å². The predicted molar refractivity (Wildman–Crippen MR) is 85.3 cm³/mol. The van der Waals surface area contributed by atoms with Gasteiger partial charge in [-0.05, 0) is 36.5 Å². The summed E-state index contributed by atoms with van der Waals surface area (Å²) in [5, 5.41) is 0. The summed E-state index contributed by atoms with van der Waals surface area (Å²) in [5.41, 5.74) is 1.26. The maximum absolute atomic E-state index is 6.09. The Hall–Kier alpha value is 0.350. The summed E-state index contributed by atoms with van der Waals surface area (Å²) in [5.74, 6) is 0.663. The summed E-state index contributed by atoms with van der Waals surface area (Å²) in [7, 11) is 0. The van der Waals surface area contributed by atoms with E-state index < -0.39 is 0 Å². The SMILES string of the molecule is Brc1cccc(C(CI)OCC2CCOCC2)c1. The lowest BCUT2D eigenvalue weighted by Crippen LogP contribution is -2.21. The Morgan fingerprint density at radius 3 is 2.83 bits per heavy atom. The maximum Gasteiger partial charge on any atom is 0.0914 e. The number of alkyl halides is 1. The zero-order valence-corrected chi connectivity index (χ0v) is 14.0. The Bertz CT molecular complexity index is 367. The van der Waals surface area contributed by atoms with E-state index in [1.165, 1.54) is 5.56 Å². The minimum atomic E-state index is 0.200. The Labute approximate surface area is 131 Å². The minimum Gasteiger partial charge on any atom is -0.381 e. The number of hydrogen-bond donors (Lipinski definition) is 0.